The Balaban J connectivity index is 2.14. The number of nitrogens with zero attached hydrogens (tertiary/aromatic N) is 2. The molecule has 0 N–H and O–H groups in total. The molecule has 0 aliphatic rings. The predicted molar refractivity (Wildman–Crippen MR) is 95.1 cm³/mol. The first-order valence-electron chi connectivity index (χ1n) is 7.70. The molecule has 0 atom stereocenters. The van der Waals surface area contributed by atoms with Crippen LogP contribution in [0, 0.1) is 6.92 Å². The third-order valence-corrected chi connectivity index (χ3v) is 4.11. The molecular formula is C21H16N2. The van der Waals surface area contributed by atoms with Gasteiger partial charge >= 0.3 is 0 Å². The van der Waals surface area contributed by atoms with E-state index < -0.39 is 0 Å². The van der Waals surface area contributed by atoms with Crippen LogP contribution >= 0.6 is 0 Å². The van der Waals surface area contributed by atoms with E-state index in [4.69, 9.17) is 4.98 Å². The molecular weight excluding hydrogens is 280 g/mol. The third kappa shape index (κ3) is 2.38. The molecule has 2 heterocycles. The minimum atomic E-state index is 1.01. The van der Waals surface area contributed by atoms with E-state index in [2.05, 4.69) is 60.4 Å². The highest BCUT2D eigenvalue weighted by Crippen LogP contribution is 2.37. The largest absolute Gasteiger partial charge is 0.264 e. The average Bonchev–Trinajstić information content (AvgIpc) is 2.63. The minimum Gasteiger partial charge on any atom is -0.264 e. The standard InChI is InChI=1S/C21H16N2/c1-15-18-12-13-22-14-19(18)20(16-8-4-2-5-9-16)21(23-15)17-10-6-3-7-11-17/h2-14H,1H3. The lowest BCUT2D eigenvalue weighted by Gasteiger charge is -2.14. The van der Waals surface area contributed by atoms with Gasteiger partial charge in [-0.05, 0) is 18.6 Å². The lowest BCUT2D eigenvalue weighted by Crippen LogP contribution is -1.95. The van der Waals surface area contributed by atoms with Crippen molar-refractivity contribution in [3.63, 3.8) is 0 Å². The summed E-state index contributed by atoms with van der Waals surface area (Å²) in [5.41, 5.74) is 5.47. The van der Waals surface area contributed by atoms with Gasteiger partial charge in [-0.1, -0.05) is 60.7 Å². The lowest BCUT2D eigenvalue weighted by molar-refractivity contribution is 1.23. The van der Waals surface area contributed by atoms with Crippen molar-refractivity contribution in [3.8, 4) is 22.4 Å². The second-order valence-electron chi connectivity index (χ2n) is 5.57. The Morgan fingerprint density at radius 1 is 0.696 bits per heavy atom. The van der Waals surface area contributed by atoms with Crippen molar-refractivity contribution in [1.82, 2.24) is 9.97 Å². The van der Waals surface area contributed by atoms with Crippen LogP contribution in [0.25, 0.3) is 33.2 Å². The Morgan fingerprint density at radius 2 is 1.35 bits per heavy atom. The van der Waals surface area contributed by atoms with Gasteiger partial charge in [0.25, 0.3) is 0 Å². The number of aromatic nitrogens is 2. The Morgan fingerprint density at radius 3 is 2.04 bits per heavy atom. The molecule has 0 amide bonds. The van der Waals surface area contributed by atoms with E-state index in [0.29, 0.717) is 0 Å². The van der Waals surface area contributed by atoms with Gasteiger partial charge in [-0.25, -0.2) is 0 Å². The molecule has 0 spiro atoms. The van der Waals surface area contributed by atoms with Crippen LogP contribution in [0.4, 0.5) is 0 Å². The van der Waals surface area contributed by atoms with Crippen LogP contribution in [-0.2, 0) is 0 Å². The summed E-state index contributed by atoms with van der Waals surface area (Å²) in [5, 5.41) is 2.29. The molecule has 0 bridgehead atoms. The summed E-state index contributed by atoms with van der Waals surface area (Å²) in [7, 11) is 0. The molecule has 4 rings (SSSR count). The quantitative estimate of drug-likeness (QED) is 0.503. The fourth-order valence-electron chi connectivity index (χ4n) is 3.02. The van der Waals surface area contributed by atoms with Gasteiger partial charge < -0.3 is 0 Å². The predicted octanol–water partition coefficient (Wildman–Crippen LogP) is 5.27. The van der Waals surface area contributed by atoms with Crippen LogP contribution in [0.5, 0.6) is 0 Å². The SMILES string of the molecule is Cc1nc(-c2ccccc2)c(-c2ccccc2)c2cnccc12. The van der Waals surface area contributed by atoms with Crippen molar-refractivity contribution in [2.75, 3.05) is 0 Å². The number of aryl methyl sites for hydroxylation is 1. The van der Waals surface area contributed by atoms with Crippen molar-refractivity contribution in [3.05, 3.63) is 84.8 Å². The summed E-state index contributed by atoms with van der Waals surface area (Å²) < 4.78 is 0. The first-order chi connectivity index (χ1) is 11.3. The zero-order valence-electron chi connectivity index (χ0n) is 12.9. The van der Waals surface area contributed by atoms with Crippen LogP contribution in [0.15, 0.2) is 79.1 Å². The maximum Gasteiger partial charge on any atom is 0.0790 e. The molecule has 2 heteroatoms. The smallest absolute Gasteiger partial charge is 0.0790 e. The van der Waals surface area contributed by atoms with Gasteiger partial charge in [0.05, 0.1) is 5.69 Å². The van der Waals surface area contributed by atoms with Gasteiger partial charge in [0, 0.05) is 40.0 Å². The second kappa shape index (κ2) is 5.65. The van der Waals surface area contributed by atoms with E-state index in [1.807, 2.05) is 30.6 Å². The molecule has 2 nitrogen and oxygen atoms in total. The number of hydrogen-bond donors (Lipinski definition) is 0. The Hall–Kier alpha value is -3.00. The first-order valence-corrected chi connectivity index (χ1v) is 7.70. The molecule has 0 saturated heterocycles. The topological polar surface area (TPSA) is 25.8 Å². The van der Waals surface area contributed by atoms with E-state index in [1.54, 1.807) is 0 Å². The highest BCUT2D eigenvalue weighted by Gasteiger charge is 2.15. The number of fused-ring (bicyclic) bond motifs is 1. The van der Waals surface area contributed by atoms with Gasteiger partial charge in [0.2, 0.25) is 0 Å². The van der Waals surface area contributed by atoms with Crippen molar-refractivity contribution >= 4 is 10.8 Å². The van der Waals surface area contributed by atoms with Crippen LogP contribution in [0.1, 0.15) is 5.69 Å². The average molecular weight is 296 g/mol. The highest BCUT2D eigenvalue weighted by molar-refractivity contribution is 6.03. The molecule has 0 unspecified atom stereocenters. The summed E-state index contributed by atoms with van der Waals surface area (Å²) in [5.74, 6) is 0. The van der Waals surface area contributed by atoms with Gasteiger partial charge in [0.15, 0.2) is 0 Å². The van der Waals surface area contributed by atoms with E-state index in [9.17, 15) is 0 Å². The monoisotopic (exact) mass is 296 g/mol. The molecule has 23 heavy (non-hydrogen) atoms. The summed E-state index contributed by atoms with van der Waals surface area (Å²) >= 11 is 0. The van der Waals surface area contributed by atoms with E-state index >= 15 is 0 Å². The zero-order valence-corrected chi connectivity index (χ0v) is 12.9. The van der Waals surface area contributed by atoms with Crippen molar-refractivity contribution in [1.29, 1.82) is 0 Å². The Kier molecular flexibility index (Phi) is 3.35. The maximum absolute atomic E-state index is 4.92. The minimum absolute atomic E-state index is 1.01. The molecule has 2 aromatic heterocycles. The van der Waals surface area contributed by atoms with Gasteiger partial charge in [-0.3, -0.25) is 9.97 Å². The van der Waals surface area contributed by atoms with Gasteiger partial charge in [-0.15, -0.1) is 0 Å². The Labute approximate surface area is 135 Å². The van der Waals surface area contributed by atoms with E-state index in [-0.39, 0.29) is 0 Å². The lowest BCUT2D eigenvalue weighted by atomic mass is 9.94. The molecule has 0 fully saturated rings. The Bertz CT molecular complexity index is 961. The molecule has 2 aromatic carbocycles. The number of rotatable bonds is 2. The van der Waals surface area contributed by atoms with Gasteiger partial charge in [-0.2, -0.15) is 0 Å². The number of hydrogen-bond acceptors (Lipinski definition) is 2. The normalized spacial score (nSPS) is 10.8. The van der Waals surface area contributed by atoms with E-state index in [1.165, 1.54) is 0 Å². The van der Waals surface area contributed by atoms with Crippen molar-refractivity contribution < 1.29 is 0 Å². The van der Waals surface area contributed by atoms with Crippen LogP contribution in [0.3, 0.4) is 0 Å². The molecule has 0 radical (unpaired) electrons. The molecule has 110 valence electrons. The molecule has 0 aliphatic carbocycles. The summed E-state index contributed by atoms with van der Waals surface area (Å²) in [6.07, 6.45) is 3.77. The van der Waals surface area contributed by atoms with Crippen LogP contribution < -0.4 is 0 Å². The second-order valence-corrected chi connectivity index (χ2v) is 5.57. The fraction of sp³-hybridized carbons (Fsp3) is 0.0476. The number of pyridine rings is 2. The number of benzene rings is 2. The van der Waals surface area contributed by atoms with Crippen molar-refractivity contribution in [2.45, 2.75) is 6.92 Å². The van der Waals surface area contributed by atoms with Gasteiger partial charge in [0.1, 0.15) is 0 Å². The summed E-state index contributed by atoms with van der Waals surface area (Å²) in [6.45, 7) is 2.06. The van der Waals surface area contributed by atoms with Crippen LogP contribution in [0.2, 0.25) is 0 Å². The molecule has 0 saturated carbocycles. The third-order valence-electron chi connectivity index (χ3n) is 4.11. The summed E-state index contributed by atoms with van der Waals surface area (Å²) in [4.78, 5) is 9.27. The fourth-order valence-corrected chi connectivity index (χ4v) is 3.02. The van der Waals surface area contributed by atoms with E-state index in [0.717, 1.165) is 38.9 Å². The summed E-state index contributed by atoms with van der Waals surface area (Å²) in [6, 6.07) is 22.8. The van der Waals surface area contributed by atoms with Crippen LogP contribution in [-0.4, -0.2) is 9.97 Å². The first kappa shape index (κ1) is 13.6. The zero-order chi connectivity index (χ0) is 15.6. The molecule has 4 aromatic rings. The molecule has 0 aliphatic heterocycles. The van der Waals surface area contributed by atoms with Crippen molar-refractivity contribution in [2.24, 2.45) is 0 Å². The highest BCUT2D eigenvalue weighted by atomic mass is 14.7. The maximum atomic E-state index is 4.92.